The Hall–Kier alpha value is -1.86. The molecule has 0 N–H and O–H groups in total. The molecule has 0 aliphatic carbocycles. The van der Waals surface area contributed by atoms with Gasteiger partial charge in [-0.2, -0.15) is 114 Å². The fourth-order valence-electron chi connectivity index (χ4n) is 2.42. The molecule has 43 heavy (non-hydrogen) atoms. The van der Waals surface area contributed by atoms with Gasteiger partial charge in [0.2, 0.25) is 0 Å². The molecule has 0 aliphatic heterocycles. The quantitative estimate of drug-likeness (QED) is 0.163. The van der Waals surface area contributed by atoms with Crippen LogP contribution in [0.3, 0.4) is 0 Å². The van der Waals surface area contributed by atoms with Gasteiger partial charge in [0.25, 0.3) is 0 Å². The highest BCUT2D eigenvalue weighted by atomic mass is 19.4. The van der Waals surface area contributed by atoms with Crippen LogP contribution in [0.2, 0.25) is 0 Å². The summed E-state index contributed by atoms with van der Waals surface area (Å²) in [5, 5.41) is 0. The minimum absolute atomic E-state index is 0.929. The highest BCUT2D eigenvalue weighted by Crippen LogP contribution is 2.62. The Bertz CT molecular complexity index is 877. The number of ether oxygens (including phenoxy) is 1. The molecule has 0 unspecified atom stereocenters. The topological polar surface area (TPSA) is 9.23 Å². The third-order valence-corrected chi connectivity index (χ3v) is 4.93. The second-order valence-corrected chi connectivity index (χ2v) is 8.22. The minimum Gasteiger partial charge on any atom is -0.245 e. The molecule has 27 heteroatoms. The highest BCUT2D eigenvalue weighted by Gasteiger charge is 2.91. The van der Waals surface area contributed by atoms with Crippen molar-refractivity contribution in [3.63, 3.8) is 0 Å². The summed E-state index contributed by atoms with van der Waals surface area (Å²) < 4.78 is 341. The fraction of sp³-hybridized carbons (Fsp3) is 1.00. The lowest BCUT2D eigenvalue weighted by atomic mass is 9.94. The van der Waals surface area contributed by atoms with Crippen LogP contribution in [0.15, 0.2) is 0 Å². The van der Waals surface area contributed by atoms with Crippen LogP contribution >= 0.6 is 0 Å². The van der Waals surface area contributed by atoms with Gasteiger partial charge in [0.1, 0.15) is 0 Å². The van der Waals surface area contributed by atoms with Gasteiger partial charge in [-0.3, -0.25) is 0 Å². The van der Waals surface area contributed by atoms with Gasteiger partial charge in [0, 0.05) is 25.7 Å². The molecule has 0 aromatic carbocycles. The Morgan fingerprint density at radius 2 is 0.465 bits per heavy atom. The summed E-state index contributed by atoms with van der Waals surface area (Å²) in [5.41, 5.74) is 0. The van der Waals surface area contributed by atoms with E-state index in [1.54, 1.807) is 0 Å². The summed E-state index contributed by atoms with van der Waals surface area (Å²) in [6, 6.07) is 0. The summed E-state index contributed by atoms with van der Waals surface area (Å²) in [7, 11) is 0. The maximum absolute atomic E-state index is 13.5. The zero-order chi connectivity index (χ0) is 35.5. The summed E-state index contributed by atoms with van der Waals surface area (Å²) >= 11 is 0. The van der Waals surface area contributed by atoms with Crippen LogP contribution in [-0.4, -0.2) is 72.0 Å². The van der Waals surface area contributed by atoms with E-state index in [0.717, 1.165) is 4.74 Å². The molecule has 0 aliphatic rings. The van der Waals surface area contributed by atoms with Crippen LogP contribution in [0.25, 0.3) is 0 Å². The number of alkyl halides is 26. The summed E-state index contributed by atoms with van der Waals surface area (Å²) in [6.07, 6.45) is -43.0. The van der Waals surface area contributed by atoms with Gasteiger partial charge in [-0.15, -0.1) is 0 Å². The Labute approximate surface area is 218 Å². The molecular formula is C16H8F26O. The van der Waals surface area contributed by atoms with Gasteiger partial charge in [-0.25, -0.2) is 4.74 Å². The molecule has 1 nitrogen and oxygen atoms in total. The normalized spacial score (nSPS) is 16.6. The highest BCUT2D eigenvalue weighted by molar-refractivity contribution is 5.09. The maximum Gasteiger partial charge on any atom is 0.430 e. The number of halogens is 26. The van der Waals surface area contributed by atoms with Crippen LogP contribution in [0.4, 0.5) is 114 Å². The lowest BCUT2D eigenvalue weighted by molar-refractivity contribution is -0.522. The first-order valence-corrected chi connectivity index (χ1v) is 9.74. The molecule has 0 radical (unpaired) electrons. The average molecular weight is 710 g/mol. The number of hydrogen-bond donors (Lipinski definition) is 0. The molecule has 0 atom stereocenters. The summed E-state index contributed by atoms with van der Waals surface area (Å²) in [6.45, 7) is 0. The van der Waals surface area contributed by atoms with Crippen LogP contribution < -0.4 is 0 Å². The first-order valence-electron chi connectivity index (χ1n) is 9.74. The Morgan fingerprint density at radius 1 is 0.256 bits per heavy atom. The van der Waals surface area contributed by atoms with Crippen molar-refractivity contribution in [2.45, 2.75) is 97.6 Å². The van der Waals surface area contributed by atoms with Crippen molar-refractivity contribution in [3.05, 3.63) is 0 Å². The Balaban J connectivity index is 6.66. The van der Waals surface area contributed by atoms with Crippen molar-refractivity contribution >= 4 is 0 Å². The van der Waals surface area contributed by atoms with E-state index < -0.39 is 97.6 Å². The van der Waals surface area contributed by atoms with Gasteiger partial charge in [-0.1, -0.05) is 0 Å². The second-order valence-electron chi connectivity index (χ2n) is 8.22. The summed E-state index contributed by atoms with van der Waals surface area (Å²) in [5.74, 6) is -65.7. The van der Waals surface area contributed by atoms with Crippen LogP contribution in [0.5, 0.6) is 0 Å². The molecule has 0 amide bonds. The molecule has 0 saturated heterocycles. The molecule has 0 spiro atoms. The van der Waals surface area contributed by atoms with Crippen molar-refractivity contribution in [1.82, 2.24) is 0 Å². The van der Waals surface area contributed by atoms with Crippen LogP contribution in [0, 0.1) is 0 Å². The Kier molecular flexibility index (Phi) is 10.4. The van der Waals surface area contributed by atoms with Gasteiger partial charge in [0.15, 0.2) is 0 Å². The molecule has 0 bridgehead atoms. The van der Waals surface area contributed by atoms with E-state index >= 15 is 0 Å². The van der Waals surface area contributed by atoms with Gasteiger partial charge < -0.3 is 0 Å². The third-order valence-electron chi connectivity index (χ3n) is 4.93. The lowest BCUT2D eigenvalue weighted by Gasteiger charge is -2.42. The Morgan fingerprint density at radius 3 is 0.651 bits per heavy atom. The van der Waals surface area contributed by atoms with E-state index in [1.165, 1.54) is 0 Å². The van der Waals surface area contributed by atoms with E-state index in [1.807, 2.05) is 0 Å². The zero-order valence-corrected chi connectivity index (χ0v) is 19.1. The molecular weight excluding hydrogens is 702 g/mol. The molecule has 0 aromatic heterocycles. The maximum atomic E-state index is 13.5. The van der Waals surface area contributed by atoms with Crippen LogP contribution in [0.1, 0.15) is 25.7 Å². The molecule has 0 saturated carbocycles. The third kappa shape index (κ3) is 7.19. The molecule has 0 aromatic rings. The van der Waals surface area contributed by atoms with Crippen molar-refractivity contribution in [1.29, 1.82) is 0 Å². The molecule has 0 rings (SSSR count). The second kappa shape index (κ2) is 10.9. The predicted octanol–water partition coefficient (Wildman–Crippen LogP) is 9.96. The monoisotopic (exact) mass is 710 g/mol. The van der Waals surface area contributed by atoms with E-state index in [9.17, 15) is 114 Å². The molecule has 260 valence electrons. The predicted molar refractivity (Wildman–Crippen MR) is 81.1 cm³/mol. The molecule has 0 heterocycles. The van der Waals surface area contributed by atoms with E-state index in [4.69, 9.17) is 0 Å². The van der Waals surface area contributed by atoms with Gasteiger partial charge >= 0.3 is 72.0 Å². The van der Waals surface area contributed by atoms with E-state index in [0.29, 0.717) is 0 Å². The first-order chi connectivity index (χ1) is 18.1. The fourth-order valence-corrected chi connectivity index (χ4v) is 2.42. The first kappa shape index (κ1) is 41.1. The minimum atomic E-state index is -8.81. The average Bonchev–Trinajstić information content (AvgIpc) is 2.73. The molecule has 0 fully saturated rings. The zero-order valence-electron chi connectivity index (χ0n) is 19.1. The standard InChI is InChI=1S/C16H8F26O/c17-5(18,1-3-7(21,22)23)9(27,28)11(31,32)13(35,36)15(39,40)43-16(41,42)14(37,38)12(33,34)10(29,30)6(19,20)2-4-8(24,25)26/h1-4H2. The van der Waals surface area contributed by atoms with Gasteiger partial charge in [-0.05, 0) is 0 Å². The van der Waals surface area contributed by atoms with E-state index in [2.05, 4.69) is 0 Å². The lowest BCUT2D eigenvalue weighted by Crippen LogP contribution is -2.71. The SMILES string of the molecule is FC(F)(F)CCC(F)(F)C(F)(F)C(F)(F)C(F)(F)C(F)(F)OC(F)(F)C(F)(F)C(F)(F)C(F)(F)C(F)(F)CCC(F)(F)F. The smallest absolute Gasteiger partial charge is 0.245 e. The van der Waals surface area contributed by atoms with Crippen molar-refractivity contribution in [2.24, 2.45) is 0 Å². The van der Waals surface area contributed by atoms with Crippen LogP contribution in [-0.2, 0) is 4.74 Å². The van der Waals surface area contributed by atoms with Crippen molar-refractivity contribution in [3.8, 4) is 0 Å². The largest absolute Gasteiger partial charge is 0.430 e. The summed E-state index contributed by atoms with van der Waals surface area (Å²) in [4.78, 5) is 0. The number of hydrogen-bond acceptors (Lipinski definition) is 1. The van der Waals surface area contributed by atoms with Crippen molar-refractivity contribution in [2.75, 3.05) is 0 Å². The number of rotatable bonds is 14. The van der Waals surface area contributed by atoms with E-state index in [-0.39, 0.29) is 0 Å². The van der Waals surface area contributed by atoms with Gasteiger partial charge in [0.05, 0.1) is 0 Å². The van der Waals surface area contributed by atoms with Crippen molar-refractivity contribution < 1.29 is 119 Å².